The molecule has 0 atom stereocenters. The molecule has 10 nitrogen and oxygen atoms in total. The second-order valence-electron chi connectivity index (χ2n) is 7.57. The van der Waals surface area contributed by atoms with Crippen LogP contribution in [0.2, 0.25) is 0 Å². The molecule has 3 aromatic rings. The SMILES string of the molecule is O=C(CCc1nc(-c2ncn[nH]2)no1)NCCCCN1CCN(c2ccccc2)CC1. The molecule has 4 rings (SSSR count). The van der Waals surface area contributed by atoms with Gasteiger partial charge in [-0.2, -0.15) is 10.1 Å². The molecule has 0 unspecified atom stereocenters. The summed E-state index contributed by atoms with van der Waals surface area (Å²) < 4.78 is 5.15. The molecular weight excluding hydrogens is 396 g/mol. The standard InChI is InChI=1S/C21H28N8O2/c30-18(8-9-19-25-21(27-31-19)20-23-16-24-26-20)22-10-4-5-11-28-12-14-29(15-13-28)17-6-2-1-3-7-17/h1-3,6-7,16H,4-5,8-15H2,(H,22,30)(H,23,24,26). The molecule has 1 aliphatic heterocycles. The van der Waals surface area contributed by atoms with Crippen LogP contribution in [-0.2, 0) is 11.2 Å². The van der Waals surface area contributed by atoms with E-state index in [0.717, 1.165) is 45.6 Å². The van der Waals surface area contributed by atoms with E-state index < -0.39 is 0 Å². The number of anilines is 1. The Morgan fingerprint density at radius 1 is 1.13 bits per heavy atom. The summed E-state index contributed by atoms with van der Waals surface area (Å²) in [4.78, 5) is 25.2. The van der Waals surface area contributed by atoms with Crippen LogP contribution in [0.25, 0.3) is 11.6 Å². The van der Waals surface area contributed by atoms with E-state index in [-0.39, 0.29) is 5.91 Å². The lowest BCUT2D eigenvalue weighted by Gasteiger charge is -2.36. The molecule has 2 aromatic heterocycles. The van der Waals surface area contributed by atoms with E-state index in [1.807, 2.05) is 0 Å². The third kappa shape index (κ3) is 6.11. The van der Waals surface area contributed by atoms with Gasteiger partial charge >= 0.3 is 0 Å². The van der Waals surface area contributed by atoms with Gasteiger partial charge < -0.3 is 14.7 Å². The zero-order valence-corrected chi connectivity index (χ0v) is 17.5. The number of carbonyl (C=O) groups is 1. The van der Waals surface area contributed by atoms with Crippen molar-refractivity contribution in [3.05, 3.63) is 42.5 Å². The van der Waals surface area contributed by atoms with Gasteiger partial charge in [0.1, 0.15) is 6.33 Å². The summed E-state index contributed by atoms with van der Waals surface area (Å²) in [5, 5.41) is 13.2. The van der Waals surface area contributed by atoms with Crippen LogP contribution in [0, 0.1) is 0 Å². The number of nitrogens with zero attached hydrogens (tertiary/aromatic N) is 6. The molecule has 0 saturated carbocycles. The van der Waals surface area contributed by atoms with Crippen LogP contribution >= 0.6 is 0 Å². The topological polar surface area (TPSA) is 116 Å². The third-order valence-corrected chi connectivity index (χ3v) is 5.38. The van der Waals surface area contributed by atoms with Gasteiger partial charge in [-0.05, 0) is 31.5 Å². The second kappa shape index (κ2) is 10.7. The van der Waals surface area contributed by atoms with E-state index in [4.69, 9.17) is 4.52 Å². The van der Waals surface area contributed by atoms with Crippen molar-refractivity contribution in [3.8, 4) is 11.6 Å². The Bertz CT molecular complexity index is 920. The molecule has 1 amide bonds. The monoisotopic (exact) mass is 424 g/mol. The number of nitrogens with one attached hydrogen (secondary N) is 2. The molecule has 1 fully saturated rings. The fourth-order valence-corrected chi connectivity index (χ4v) is 3.63. The van der Waals surface area contributed by atoms with Crippen molar-refractivity contribution in [1.82, 2.24) is 35.5 Å². The van der Waals surface area contributed by atoms with Gasteiger partial charge in [-0.25, -0.2) is 4.98 Å². The minimum Gasteiger partial charge on any atom is -0.369 e. The molecule has 0 aliphatic carbocycles. The predicted octanol–water partition coefficient (Wildman–Crippen LogP) is 1.51. The fourth-order valence-electron chi connectivity index (χ4n) is 3.63. The fraction of sp³-hybridized carbons (Fsp3) is 0.476. The van der Waals surface area contributed by atoms with Gasteiger partial charge in [-0.1, -0.05) is 23.4 Å². The molecule has 0 radical (unpaired) electrons. The Morgan fingerprint density at radius 3 is 2.74 bits per heavy atom. The van der Waals surface area contributed by atoms with Crippen molar-refractivity contribution in [2.45, 2.75) is 25.7 Å². The largest absolute Gasteiger partial charge is 0.369 e. The number of hydrogen-bond acceptors (Lipinski definition) is 8. The predicted molar refractivity (Wildman–Crippen MR) is 115 cm³/mol. The molecule has 1 saturated heterocycles. The van der Waals surface area contributed by atoms with Crippen molar-refractivity contribution >= 4 is 11.6 Å². The number of aromatic nitrogens is 5. The smallest absolute Gasteiger partial charge is 0.239 e. The first kappa shape index (κ1) is 21.0. The van der Waals surface area contributed by atoms with Crippen LogP contribution in [0.1, 0.15) is 25.2 Å². The molecule has 1 aliphatic rings. The van der Waals surface area contributed by atoms with Gasteiger partial charge in [-0.3, -0.25) is 14.8 Å². The summed E-state index contributed by atoms with van der Waals surface area (Å²) in [5.74, 6) is 1.20. The Balaban J connectivity index is 1.05. The van der Waals surface area contributed by atoms with Crippen molar-refractivity contribution < 1.29 is 9.32 Å². The lowest BCUT2D eigenvalue weighted by Crippen LogP contribution is -2.46. The quantitative estimate of drug-likeness (QED) is 0.471. The lowest BCUT2D eigenvalue weighted by atomic mass is 10.2. The zero-order chi connectivity index (χ0) is 21.3. The van der Waals surface area contributed by atoms with Crippen LogP contribution in [0.5, 0.6) is 0 Å². The summed E-state index contributed by atoms with van der Waals surface area (Å²) in [7, 11) is 0. The number of para-hydroxylation sites is 1. The number of unbranched alkanes of at least 4 members (excludes halogenated alkanes) is 1. The number of piperazine rings is 1. The van der Waals surface area contributed by atoms with Gasteiger partial charge in [0.15, 0.2) is 5.82 Å². The molecule has 1 aromatic carbocycles. The summed E-state index contributed by atoms with van der Waals surface area (Å²) in [5.41, 5.74) is 1.31. The van der Waals surface area contributed by atoms with E-state index in [9.17, 15) is 4.79 Å². The maximum Gasteiger partial charge on any atom is 0.239 e. The summed E-state index contributed by atoms with van der Waals surface area (Å²) in [6.45, 7) is 6.06. The Morgan fingerprint density at radius 2 is 1.97 bits per heavy atom. The summed E-state index contributed by atoms with van der Waals surface area (Å²) >= 11 is 0. The molecule has 31 heavy (non-hydrogen) atoms. The third-order valence-electron chi connectivity index (χ3n) is 5.38. The van der Waals surface area contributed by atoms with Crippen LogP contribution in [0.15, 0.2) is 41.2 Å². The number of amides is 1. The van der Waals surface area contributed by atoms with Gasteiger partial charge in [0, 0.05) is 51.3 Å². The Kier molecular flexibility index (Phi) is 7.22. The average Bonchev–Trinajstić information content (AvgIpc) is 3.51. The Labute approximate surface area is 181 Å². The van der Waals surface area contributed by atoms with Crippen molar-refractivity contribution in [2.75, 3.05) is 44.2 Å². The summed E-state index contributed by atoms with van der Waals surface area (Å²) in [6, 6.07) is 10.6. The highest BCUT2D eigenvalue weighted by atomic mass is 16.5. The van der Waals surface area contributed by atoms with E-state index in [0.29, 0.717) is 36.9 Å². The van der Waals surface area contributed by atoms with E-state index in [1.54, 1.807) is 0 Å². The highest BCUT2D eigenvalue weighted by molar-refractivity contribution is 5.75. The molecule has 2 N–H and O–H groups in total. The van der Waals surface area contributed by atoms with Crippen LogP contribution in [-0.4, -0.2) is 75.4 Å². The first-order valence-corrected chi connectivity index (χ1v) is 10.8. The minimum atomic E-state index is -0.00380. The number of aromatic amines is 1. The van der Waals surface area contributed by atoms with Gasteiger partial charge in [0.25, 0.3) is 0 Å². The van der Waals surface area contributed by atoms with E-state index >= 15 is 0 Å². The van der Waals surface area contributed by atoms with Gasteiger partial charge in [-0.15, -0.1) is 0 Å². The van der Waals surface area contributed by atoms with Crippen LogP contribution in [0.3, 0.4) is 0 Å². The maximum atomic E-state index is 12.0. The zero-order valence-electron chi connectivity index (χ0n) is 17.5. The first-order chi connectivity index (χ1) is 15.3. The van der Waals surface area contributed by atoms with E-state index in [1.165, 1.54) is 12.0 Å². The lowest BCUT2D eigenvalue weighted by molar-refractivity contribution is -0.121. The number of benzene rings is 1. The van der Waals surface area contributed by atoms with Crippen LogP contribution < -0.4 is 10.2 Å². The van der Waals surface area contributed by atoms with E-state index in [2.05, 4.69) is 70.8 Å². The molecule has 10 heteroatoms. The highest BCUT2D eigenvalue weighted by Gasteiger charge is 2.16. The Hall–Kier alpha value is -3.27. The average molecular weight is 425 g/mol. The number of rotatable bonds is 10. The molecular formula is C21H28N8O2. The van der Waals surface area contributed by atoms with Crippen LogP contribution in [0.4, 0.5) is 5.69 Å². The molecule has 3 heterocycles. The molecule has 0 bridgehead atoms. The normalized spacial score (nSPS) is 14.6. The first-order valence-electron chi connectivity index (χ1n) is 10.8. The summed E-state index contributed by atoms with van der Waals surface area (Å²) in [6.07, 6.45) is 4.15. The van der Waals surface area contributed by atoms with Gasteiger partial charge in [0.2, 0.25) is 17.6 Å². The van der Waals surface area contributed by atoms with Crippen molar-refractivity contribution in [1.29, 1.82) is 0 Å². The second-order valence-corrected chi connectivity index (χ2v) is 7.57. The van der Waals surface area contributed by atoms with Crippen molar-refractivity contribution in [2.24, 2.45) is 0 Å². The van der Waals surface area contributed by atoms with Crippen molar-refractivity contribution in [3.63, 3.8) is 0 Å². The van der Waals surface area contributed by atoms with Gasteiger partial charge in [0.05, 0.1) is 0 Å². The highest BCUT2D eigenvalue weighted by Crippen LogP contribution is 2.15. The number of H-pyrrole nitrogens is 1. The molecule has 164 valence electrons. The number of hydrogen-bond donors (Lipinski definition) is 2. The number of aryl methyl sites for hydroxylation is 1. The maximum absolute atomic E-state index is 12.0. The number of carbonyl (C=O) groups excluding carboxylic acids is 1. The molecule has 0 spiro atoms. The minimum absolute atomic E-state index is 0.00380.